The predicted octanol–water partition coefficient (Wildman–Crippen LogP) is 8.17. The number of para-hydroxylation sites is 1. The lowest BCUT2D eigenvalue weighted by Gasteiger charge is -2.32. The standard InChI is InChI=1S/C19H18F6O3.C15H22O3/c1-2-27-11-17(20,21)19(24,25)18(22,23)12-28-16-9-5-14(6-10-16)13-3-7-15(26)8-4-13;1-2-3-4-5-6-9-12-18-14-11-8-7-10-13(14)15(16)17/h3-10,26H,2,11-12H2,1H3;7-8,10-11H,2-6,9,12H2,1H3,(H,16,17)/p-1. The van der Waals surface area contributed by atoms with Gasteiger partial charge in [0.05, 0.1) is 12.6 Å². The Kier molecular flexibility index (Phi) is 15.2. The molecule has 0 aliphatic rings. The summed E-state index contributed by atoms with van der Waals surface area (Å²) in [6, 6.07) is 18.2. The monoisotopic (exact) mass is 657 g/mol. The molecule has 46 heavy (non-hydrogen) atoms. The zero-order valence-electron chi connectivity index (χ0n) is 25.8. The van der Waals surface area contributed by atoms with Gasteiger partial charge in [0.15, 0.2) is 6.61 Å². The Labute approximate surface area is 264 Å². The number of phenols is 1. The molecule has 12 heteroatoms. The van der Waals surface area contributed by atoms with Gasteiger partial charge in [0.1, 0.15) is 23.9 Å². The fraction of sp³-hybridized carbons (Fsp3) is 0.441. The number of ether oxygens (including phenoxy) is 3. The van der Waals surface area contributed by atoms with E-state index in [9.17, 15) is 41.4 Å². The summed E-state index contributed by atoms with van der Waals surface area (Å²) in [6.45, 7) is -0.0392. The van der Waals surface area contributed by atoms with Crippen molar-refractivity contribution in [1.29, 1.82) is 0 Å². The molecule has 0 aliphatic carbocycles. The number of hydrogen-bond donors (Lipinski definition) is 1. The van der Waals surface area contributed by atoms with Crippen LogP contribution in [0.25, 0.3) is 11.1 Å². The number of carboxylic acid groups (broad SMARTS) is 1. The quantitative estimate of drug-likeness (QED) is 0.110. The van der Waals surface area contributed by atoms with Crippen LogP contribution < -0.4 is 14.6 Å². The molecule has 0 saturated heterocycles. The molecule has 0 fully saturated rings. The van der Waals surface area contributed by atoms with E-state index in [0.717, 1.165) is 12.8 Å². The summed E-state index contributed by atoms with van der Waals surface area (Å²) in [4.78, 5) is 10.8. The highest BCUT2D eigenvalue weighted by atomic mass is 19.3. The summed E-state index contributed by atoms with van der Waals surface area (Å²) in [6.07, 6.45) is 7.12. The van der Waals surface area contributed by atoms with Gasteiger partial charge in [-0.05, 0) is 60.9 Å². The van der Waals surface area contributed by atoms with Crippen molar-refractivity contribution in [3.05, 3.63) is 78.4 Å². The molecule has 0 radical (unpaired) electrons. The van der Waals surface area contributed by atoms with Gasteiger partial charge in [-0.15, -0.1) is 0 Å². The zero-order chi connectivity index (χ0) is 34.2. The number of phenolic OH excluding ortho intramolecular Hbond substituents is 1. The average Bonchev–Trinajstić information content (AvgIpc) is 3.03. The highest BCUT2D eigenvalue weighted by Gasteiger charge is 2.71. The maximum atomic E-state index is 13.8. The number of alkyl halides is 6. The van der Waals surface area contributed by atoms with E-state index in [2.05, 4.69) is 16.4 Å². The molecule has 3 rings (SSSR count). The largest absolute Gasteiger partial charge is 0.545 e. The number of aromatic hydroxyl groups is 1. The molecule has 254 valence electrons. The molecule has 0 heterocycles. The Bertz CT molecular complexity index is 1320. The second-order valence-corrected chi connectivity index (χ2v) is 10.4. The van der Waals surface area contributed by atoms with E-state index in [1.807, 2.05) is 0 Å². The molecule has 3 aromatic carbocycles. The van der Waals surface area contributed by atoms with Crippen LogP contribution >= 0.6 is 0 Å². The van der Waals surface area contributed by atoms with E-state index in [1.54, 1.807) is 30.3 Å². The van der Waals surface area contributed by atoms with Gasteiger partial charge < -0.3 is 29.2 Å². The van der Waals surface area contributed by atoms with Crippen molar-refractivity contribution >= 4 is 5.97 Å². The van der Waals surface area contributed by atoms with Crippen molar-refractivity contribution in [2.45, 2.75) is 70.1 Å². The minimum atomic E-state index is -5.65. The van der Waals surface area contributed by atoms with Crippen LogP contribution in [0.3, 0.4) is 0 Å². The zero-order valence-corrected chi connectivity index (χ0v) is 25.8. The Balaban J connectivity index is 0.000000353. The minimum absolute atomic E-state index is 0.0630. The SMILES string of the molecule is CCCCCCCCOc1ccccc1C(=O)[O-].CCOCC(F)(F)C(F)(F)C(F)(F)COc1ccc(-c2ccc(O)cc2)cc1. The highest BCUT2D eigenvalue weighted by Crippen LogP contribution is 2.46. The summed E-state index contributed by atoms with van der Waals surface area (Å²) < 4.78 is 96.0. The molecule has 0 amide bonds. The molecule has 0 bridgehead atoms. The van der Waals surface area contributed by atoms with Crippen molar-refractivity contribution in [3.8, 4) is 28.4 Å². The van der Waals surface area contributed by atoms with E-state index in [4.69, 9.17) is 4.74 Å². The van der Waals surface area contributed by atoms with Crippen molar-refractivity contribution in [1.82, 2.24) is 0 Å². The third kappa shape index (κ3) is 11.5. The third-order valence-corrected chi connectivity index (χ3v) is 6.74. The third-order valence-electron chi connectivity index (χ3n) is 6.74. The van der Waals surface area contributed by atoms with Crippen LogP contribution in [0.5, 0.6) is 17.2 Å². The molecule has 0 unspecified atom stereocenters. The van der Waals surface area contributed by atoms with Gasteiger partial charge >= 0.3 is 17.8 Å². The van der Waals surface area contributed by atoms with Gasteiger partial charge in [-0.2, -0.15) is 26.3 Å². The number of rotatable bonds is 18. The molecule has 1 N–H and O–H groups in total. The molecule has 0 aliphatic heterocycles. The number of hydrogen-bond acceptors (Lipinski definition) is 6. The predicted molar refractivity (Wildman–Crippen MR) is 160 cm³/mol. The van der Waals surface area contributed by atoms with Crippen molar-refractivity contribution in [3.63, 3.8) is 0 Å². The Morgan fingerprint density at radius 1 is 0.717 bits per heavy atom. The Morgan fingerprint density at radius 2 is 1.26 bits per heavy atom. The first kappa shape index (κ1) is 38.3. The first-order valence-corrected chi connectivity index (χ1v) is 14.9. The maximum absolute atomic E-state index is 13.8. The number of carbonyl (C=O) groups is 1. The van der Waals surface area contributed by atoms with Crippen LogP contribution in [-0.2, 0) is 4.74 Å². The van der Waals surface area contributed by atoms with Crippen molar-refractivity contribution < 1.29 is 55.6 Å². The first-order valence-electron chi connectivity index (χ1n) is 14.9. The highest BCUT2D eigenvalue weighted by molar-refractivity contribution is 5.89. The van der Waals surface area contributed by atoms with E-state index in [-0.39, 0.29) is 23.7 Å². The van der Waals surface area contributed by atoms with Crippen LogP contribution in [0, 0.1) is 0 Å². The lowest BCUT2D eigenvalue weighted by atomic mass is 10.1. The summed E-state index contributed by atoms with van der Waals surface area (Å²) in [7, 11) is 0. The minimum Gasteiger partial charge on any atom is -0.545 e. The van der Waals surface area contributed by atoms with E-state index in [1.165, 1.54) is 75.1 Å². The number of unbranched alkanes of at least 4 members (excludes halogenated alkanes) is 5. The smallest absolute Gasteiger partial charge is 0.377 e. The summed E-state index contributed by atoms with van der Waals surface area (Å²) in [5, 5.41) is 20.1. The molecule has 0 atom stereocenters. The lowest BCUT2D eigenvalue weighted by molar-refractivity contribution is -0.324. The van der Waals surface area contributed by atoms with Crippen LogP contribution in [0.2, 0.25) is 0 Å². The lowest BCUT2D eigenvalue weighted by Crippen LogP contribution is -2.58. The summed E-state index contributed by atoms with van der Waals surface area (Å²) in [5.74, 6) is -16.7. The van der Waals surface area contributed by atoms with Gasteiger partial charge in [-0.3, -0.25) is 0 Å². The fourth-order valence-electron chi connectivity index (χ4n) is 4.08. The van der Waals surface area contributed by atoms with E-state index in [0.29, 0.717) is 23.5 Å². The molecular weight excluding hydrogens is 618 g/mol. The second-order valence-electron chi connectivity index (χ2n) is 10.4. The second kappa shape index (κ2) is 18.3. The number of carbonyl (C=O) groups excluding carboxylic acids is 1. The molecule has 0 aromatic heterocycles. The number of aromatic carboxylic acids is 1. The van der Waals surface area contributed by atoms with Gasteiger partial charge in [-0.1, -0.05) is 75.4 Å². The van der Waals surface area contributed by atoms with Crippen LogP contribution in [0.4, 0.5) is 26.3 Å². The first-order chi connectivity index (χ1) is 21.8. The Morgan fingerprint density at radius 3 is 1.85 bits per heavy atom. The van der Waals surface area contributed by atoms with Gasteiger partial charge in [0.25, 0.3) is 0 Å². The van der Waals surface area contributed by atoms with Crippen molar-refractivity contribution in [2.24, 2.45) is 0 Å². The van der Waals surface area contributed by atoms with Gasteiger partial charge in [0.2, 0.25) is 0 Å². The Hall–Kier alpha value is -3.93. The maximum Gasteiger partial charge on any atom is 0.377 e. The van der Waals surface area contributed by atoms with E-state index < -0.39 is 37.0 Å². The van der Waals surface area contributed by atoms with E-state index >= 15 is 0 Å². The van der Waals surface area contributed by atoms with Crippen LogP contribution in [0.15, 0.2) is 72.8 Å². The molecule has 0 spiro atoms. The molecule has 6 nitrogen and oxygen atoms in total. The van der Waals surface area contributed by atoms with Crippen LogP contribution in [0.1, 0.15) is 62.7 Å². The number of carboxylic acids is 1. The van der Waals surface area contributed by atoms with Gasteiger partial charge in [0, 0.05) is 12.2 Å². The molecule has 3 aromatic rings. The average molecular weight is 658 g/mol. The fourth-order valence-corrected chi connectivity index (χ4v) is 4.08. The molecule has 0 saturated carbocycles. The van der Waals surface area contributed by atoms with Gasteiger partial charge in [-0.25, -0.2) is 0 Å². The normalized spacial score (nSPS) is 11.8. The number of benzene rings is 3. The number of halogens is 6. The topological polar surface area (TPSA) is 88.1 Å². The van der Waals surface area contributed by atoms with Crippen molar-refractivity contribution in [2.75, 3.05) is 26.4 Å². The molecular formula is C34H39F6O6-. The van der Waals surface area contributed by atoms with Crippen LogP contribution in [-0.4, -0.2) is 55.3 Å². The summed E-state index contributed by atoms with van der Waals surface area (Å²) >= 11 is 0. The summed E-state index contributed by atoms with van der Waals surface area (Å²) in [5.41, 5.74) is 1.48.